The fourth-order valence-corrected chi connectivity index (χ4v) is 2.46. The second-order valence-electron chi connectivity index (χ2n) is 4.52. The van der Waals surface area contributed by atoms with Crippen LogP contribution in [0.5, 0.6) is 0 Å². The smallest absolute Gasteiger partial charge is 0.259 e. The van der Waals surface area contributed by atoms with Crippen molar-refractivity contribution >= 4 is 28.1 Å². The van der Waals surface area contributed by atoms with Crippen LogP contribution < -0.4 is 11.1 Å². The molecule has 2 aromatic rings. The Morgan fingerprint density at radius 1 is 1.47 bits per heavy atom. The van der Waals surface area contributed by atoms with E-state index in [4.69, 9.17) is 5.73 Å². The highest BCUT2D eigenvalue weighted by Gasteiger charge is 2.13. The van der Waals surface area contributed by atoms with Gasteiger partial charge in [0.2, 0.25) is 5.13 Å². The molecule has 1 amide bonds. The molecule has 0 fully saturated rings. The molecule has 0 atom stereocenters. The molecule has 7 heteroatoms. The molecule has 0 spiro atoms. The van der Waals surface area contributed by atoms with Crippen LogP contribution in [0.3, 0.4) is 0 Å². The van der Waals surface area contributed by atoms with E-state index in [1.54, 1.807) is 6.07 Å². The Balaban J connectivity index is 2.07. The van der Waals surface area contributed by atoms with E-state index in [0.717, 1.165) is 11.4 Å². The maximum atomic E-state index is 12.0. The number of pyridine rings is 1. The van der Waals surface area contributed by atoms with Crippen molar-refractivity contribution in [3.63, 3.8) is 0 Å². The molecule has 2 aromatic heterocycles. The zero-order chi connectivity index (χ0) is 13.8. The number of anilines is 2. The molecule has 0 bridgehead atoms. The van der Waals surface area contributed by atoms with Crippen molar-refractivity contribution in [1.82, 2.24) is 15.2 Å². The van der Waals surface area contributed by atoms with Crippen LogP contribution in [-0.4, -0.2) is 21.1 Å². The third kappa shape index (κ3) is 3.47. The summed E-state index contributed by atoms with van der Waals surface area (Å²) in [5.41, 5.74) is 6.41. The summed E-state index contributed by atoms with van der Waals surface area (Å²) in [6.45, 7) is 4.22. The van der Waals surface area contributed by atoms with E-state index in [2.05, 4.69) is 34.3 Å². The van der Waals surface area contributed by atoms with Crippen molar-refractivity contribution in [3.05, 3.63) is 29.0 Å². The number of hydrogen-bond acceptors (Lipinski definition) is 6. The van der Waals surface area contributed by atoms with Crippen molar-refractivity contribution in [2.24, 2.45) is 5.92 Å². The Labute approximate surface area is 115 Å². The molecular weight excluding hydrogens is 262 g/mol. The van der Waals surface area contributed by atoms with Gasteiger partial charge in [-0.1, -0.05) is 25.2 Å². The summed E-state index contributed by atoms with van der Waals surface area (Å²) in [4.78, 5) is 15.8. The third-order valence-corrected chi connectivity index (χ3v) is 3.23. The number of amides is 1. The first-order valence-electron chi connectivity index (χ1n) is 5.89. The first-order valence-corrected chi connectivity index (χ1v) is 6.71. The van der Waals surface area contributed by atoms with Gasteiger partial charge in [0.1, 0.15) is 5.01 Å². The highest BCUT2D eigenvalue weighted by Crippen LogP contribution is 2.19. The monoisotopic (exact) mass is 277 g/mol. The topological polar surface area (TPSA) is 93.8 Å². The number of nitrogen functional groups attached to an aromatic ring is 1. The minimum atomic E-state index is -0.299. The highest BCUT2D eigenvalue weighted by molar-refractivity contribution is 7.15. The van der Waals surface area contributed by atoms with E-state index >= 15 is 0 Å². The maximum Gasteiger partial charge on any atom is 0.259 e. The Hall–Kier alpha value is -2.02. The van der Waals surface area contributed by atoms with Crippen LogP contribution in [0.1, 0.15) is 29.2 Å². The SMILES string of the molecule is CC(C)Cc1nnc(NC(=O)c2ccncc2N)s1. The molecule has 0 radical (unpaired) electrons. The van der Waals surface area contributed by atoms with E-state index in [-0.39, 0.29) is 5.91 Å². The number of nitrogens with one attached hydrogen (secondary N) is 1. The van der Waals surface area contributed by atoms with E-state index < -0.39 is 0 Å². The summed E-state index contributed by atoms with van der Waals surface area (Å²) < 4.78 is 0. The number of aromatic nitrogens is 3. The van der Waals surface area contributed by atoms with Gasteiger partial charge in [0, 0.05) is 12.6 Å². The lowest BCUT2D eigenvalue weighted by Crippen LogP contribution is -2.14. The Morgan fingerprint density at radius 2 is 2.26 bits per heavy atom. The van der Waals surface area contributed by atoms with Crippen LogP contribution in [-0.2, 0) is 6.42 Å². The Kier molecular flexibility index (Phi) is 4.06. The van der Waals surface area contributed by atoms with Crippen molar-refractivity contribution in [2.45, 2.75) is 20.3 Å². The summed E-state index contributed by atoms with van der Waals surface area (Å²) in [7, 11) is 0. The molecule has 19 heavy (non-hydrogen) atoms. The van der Waals surface area contributed by atoms with E-state index in [1.807, 2.05) is 0 Å². The molecule has 0 aromatic carbocycles. The van der Waals surface area contributed by atoms with Crippen molar-refractivity contribution in [3.8, 4) is 0 Å². The van der Waals surface area contributed by atoms with Crippen molar-refractivity contribution in [2.75, 3.05) is 11.1 Å². The average molecular weight is 277 g/mol. The van der Waals surface area contributed by atoms with Crippen LogP contribution in [0, 0.1) is 5.92 Å². The van der Waals surface area contributed by atoms with Gasteiger partial charge in [0.25, 0.3) is 5.91 Å². The number of nitrogens with two attached hydrogens (primary N) is 1. The fraction of sp³-hybridized carbons (Fsp3) is 0.333. The van der Waals surface area contributed by atoms with Crippen molar-refractivity contribution in [1.29, 1.82) is 0 Å². The van der Waals surface area contributed by atoms with Crippen LogP contribution in [0.4, 0.5) is 10.8 Å². The molecule has 0 aliphatic carbocycles. The number of rotatable bonds is 4. The molecule has 0 aliphatic heterocycles. The van der Waals surface area contributed by atoms with E-state index in [0.29, 0.717) is 22.3 Å². The average Bonchev–Trinajstić information content (AvgIpc) is 2.76. The normalized spacial score (nSPS) is 10.7. The largest absolute Gasteiger partial charge is 0.397 e. The van der Waals surface area contributed by atoms with E-state index in [1.165, 1.54) is 23.7 Å². The summed E-state index contributed by atoms with van der Waals surface area (Å²) in [5, 5.41) is 12.1. The predicted molar refractivity (Wildman–Crippen MR) is 75.1 cm³/mol. The maximum absolute atomic E-state index is 12.0. The molecule has 0 unspecified atom stereocenters. The third-order valence-electron chi connectivity index (χ3n) is 2.37. The lowest BCUT2D eigenvalue weighted by Gasteiger charge is -2.03. The predicted octanol–water partition coefficient (Wildman–Crippen LogP) is 1.97. The second kappa shape index (κ2) is 5.75. The van der Waals surface area contributed by atoms with Gasteiger partial charge < -0.3 is 5.73 Å². The summed E-state index contributed by atoms with van der Waals surface area (Å²) in [6.07, 6.45) is 3.82. The standard InChI is InChI=1S/C12H15N5OS/c1-7(2)5-10-16-17-12(19-10)15-11(18)8-3-4-14-6-9(8)13/h3-4,6-7H,5,13H2,1-2H3,(H,15,17,18). The lowest BCUT2D eigenvalue weighted by molar-refractivity contribution is 0.102. The van der Waals surface area contributed by atoms with Gasteiger partial charge in [0.15, 0.2) is 0 Å². The molecule has 0 saturated heterocycles. The van der Waals surface area contributed by atoms with Crippen LogP contribution >= 0.6 is 11.3 Å². The quantitative estimate of drug-likeness (QED) is 0.891. The van der Waals surface area contributed by atoms with Gasteiger partial charge in [-0.3, -0.25) is 15.1 Å². The van der Waals surface area contributed by atoms with Gasteiger partial charge in [-0.15, -0.1) is 10.2 Å². The zero-order valence-corrected chi connectivity index (χ0v) is 11.6. The number of hydrogen-bond donors (Lipinski definition) is 2. The molecule has 6 nitrogen and oxygen atoms in total. The highest BCUT2D eigenvalue weighted by atomic mass is 32.1. The number of carbonyl (C=O) groups is 1. The van der Waals surface area contributed by atoms with Crippen LogP contribution in [0.25, 0.3) is 0 Å². The first-order chi connectivity index (χ1) is 9.06. The van der Waals surface area contributed by atoms with Gasteiger partial charge >= 0.3 is 0 Å². The fourth-order valence-electron chi connectivity index (χ4n) is 1.51. The molecule has 0 aliphatic rings. The first kappa shape index (κ1) is 13.4. The molecule has 0 saturated carbocycles. The van der Waals surface area contributed by atoms with Gasteiger partial charge in [-0.2, -0.15) is 0 Å². The minimum absolute atomic E-state index is 0.299. The van der Waals surface area contributed by atoms with E-state index in [9.17, 15) is 4.79 Å². The van der Waals surface area contributed by atoms with Crippen molar-refractivity contribution < 1.29 is 4.79 Å². The lowest BCUT2D eigenvalue weighted by atomic mass is 10.1. The summed E-state index contributed by atoms with van der Waals surface area (Å²) in [5.74, 6) is 0.208. The van der Waals surface area contributed by atoms with Gasteiger partial charge in [-0.05, 0) is 12.0 Å². The molecule has 3 N–H and O–H groups in total. The summed E-state index contributed by atoms with van der Waals surface area (Å²) >= 11 is 1.38. The number of nitrogens with zero attached hydrogens (tertiary/aromatic N) is 3. The zero-order valence-electron chi connectivity index (χ0n) is 10.8. The number of carbonyl (C=O) groups excluding carboxylic acids is 1. The minimum Gasteiger partial charge on any atom is -0.397 e. The van der Waals surface area contributed by atoms with Gasteiger partial charge in [0.05, 0.1) is 17.4 Å². The summed E-state index contributed by atoms with van der Waals surface area (Å²) in [6, 6.07) is 1.57. The Bertz CT molecular complexity index is 581. The Morgan fingerprint density at radius 3 is 2.95 bits per heavy atom. The van der Waals surface area contributed by atoms with Gasteiger partial charge in [-0.25, -0.2) is 0 Å². The van der Waals surface area contributed by atoms with Crippen LogP contribution in [0.2, 0.25) is 0 Å². The molecular formula is C12H15N5OS. The molecule has 2 rings (SSSR count). The molecule has 100 valence electrons. The second-order valence-corrected chi connectivity index (χ2v) is 5.58. The molecule has 2 heterocycles. The van der Waals surface area contributed by atoms with Crippen LogP contribution in [0.15, 0.2) is 18.5 Å².